The van der Waals surface area contributed by atoms with Crippen LogP contribution in [0.3, 0.4) is 0 Å². The van der Waals surface area contributed by atoms with Crippen molar-refractivity contribution in [1.29, 1.82) is 0 Å². The largest absolute Gasteiger partial charge is 0.315 e. The van der Waals surface area contributed by atoms with Gasteiger partial charge < -0.3 is 15.1 Å². The Morgan fingerprint density at radius 3 is 2.31 bits per heavy atom. The molecule has 0 spiro atoms. The number of nitrogens with one attached hydrogen (secondary N) is 1. The van der Waals surface area contributed by atoms with E-state index in [2.05, 4.69) is 57.0 Å². The molecule has 1 rings (SSSR count). The number of nitrogens with zero attached hydrogens (tertiary/aromatic N) is 2. The SMILES string of the molecule is CNC(C1CN(C)CCCN1C)C(C)(C)C. The van der Waals surface area contributed by atoms with E-state index >= 15 is 0 Å². The molecule has 1 fully saturated rings. The standard InChI is InChI=1S/C13H29N3/c1-13(2,3)12(14-4)11-10-15(5)8-7-9-16(11)6/h11-12,14H,7-10H2,1-6H3. The smallest absolute Gasteiger partial charge is 0.0378 e. The average Bonchev–Trinajstić information content (AvgIpc) is 2.28. The molecule has 2 atom stereocenters. The van der Waals surface area contributed by atoms with E-state index in [1.54, 1.807) is 0 Å². The van der Waals surface area contributed by atoms with Crippen LogP contribution in [0.1, 0.15) is 27.2 Å². The van der Waals surface area contributed by atoms with Crippen molar-refractivity contribution in [1.82, 2.24) is 15.1 Å². The van der Waals surface area contributed by atoms with E-state index < -0.39 is 0 Å². The van der Waals surface area contributed by atoms with E-state index in [1.165, 1.54) is 26.1 Å². The van der Waals surface area contributed by atoms with Crippen molar-refractivity contribution in [3.8, 4) is 0 Å². The summed E-state index contributed by atoms with van der Waals surface area (Å²) in [6.45, 7) is 10.6. The van der Waals surface area contributed by atoms with E-state index in [-0.39, 0.29) is 0 Å². The molecule has 1 heterocycles. The normalized spacial score (nSPS) is 27.8. The summed E-state index contributed by atoms with van der Waals surface area (Å²) in [5.74, 6) is 0. The van der Waals surface area contributed by atoms with E-state index in [9.17, 15) is 0 Å². The van der Waals surface area contributed by atoms with Gasteiger partial charge in [-0.2, -0.15) is 0 Å². The lowest BCUT2D eigenvalue weighted by Gasteiger charge is -2.41. The molecule has 2 unspecified atom stereocenters. The van der Waals surface area contributed by atoms with E-state index in [4.69, 9.17) is 0 Å². The van der Waals surface area contributed by atoms with Gasteiger partial charge in [0.05, 0.1) is 0 Å². The molecule has 16 heavy (non-hydrogen) atoms. The molecule has 1 N–H and O–H groups in total. The molecule has 0 aliphatic carbocycles. The second kappa shape index (κ2) is 5.48. The first-order chi connectivity index (χ1) is 7.36. The number of hydrogen-bond donors (Lipinski definition) is 1. The van der Waals surface area contributed by atoms with Crippen LogP contribution < -0.4 is 5.32 Å². The number of hydrogen-bond acceptors (Lipinski definition) is 3. The lowest BCUT2D eigenvalue weighted by Crippen LogP contribution is -2.56. The Hall–Kier alpha value is -0.120. The zero-order valence-corrected chi connectivity index (χ0v) is 11.9. The number of rotatable bonds is 2. The quantitative estimate of drug-likeness (QED) is 0.766. The maximum absolute atomic E-state index is 3.52. The van der Waals surface area contributed by atoms with Gasteiger partial charge in [-0.15, -0.1) is 0 Å². The minimum Gasteiger partial charge on any atom is -0.315 e. The Morgan fingerprint density at radius 1 is 1.19 bits per heavy atom. The molecule has 0 radical (unpaired) electrons. The monoisotopic (exact) mass is 227 g/mol. The topological polar surface area (TPSA) is 18.5 Å². The van der Waals surface area contributed by atoms with Crippen molar-refractivity contribution in [2.24, 2.45) is 5.41 Å². The van der Waals surface area contributed by atoms with Crippen LogP contribution in [0.15, 0.2) is 0 Å². The van der Waals surface area contributed by atoms with Crippen LogP contribution in [0.4, 0.5) is 0 Å². The third-order valence-corrected chi connectivity index (χ3v) is 3.74. The summed E-state index contributed by atoms with van der Waals surface area (Å²) < 4.78 is 0. The van der Waals surface area contributed by atoms with Crippen LogP contribution >= 0.6 is 0 Å². The molecule has 0 aromatic carbocycles. The highest BCUT2D eigenvalue weighted by Crippen LogP contribution is 2.25. The minimum atomic E-state index is 0.304. The highest BCUT2D eigenvalue weighted by Gasteiger charge is 2.34. The summed E-state index contributed by atoms with van der Waals surface area (Å²) in [7, 11) is 6.59. The maximum atomic E-state index is 3.52. The van der Waals surface area contributed by atoms with Gasteiger partial charge in [0.25, 0.3) is 0 Å². The van der Waals surface area contributed by atoms with Crippen molar-refractivity contribution < 1.29 is 0 Å². The minimum absolute atomic E-state index is 0.304. The zero-order chi connectivity index (χ0) is 12.3. The van der Waals surface area contributed by atoms with Crippen LogP contribution in [0.2, 0.25) is 0 Å². The first-order valence-corrected chi connectivity index (χ1v) is 6.42. The molecule has 1 aliphatic rings. The molecule has 0 amide bonds. The fourth-order valence-corrected chi connectivity index (χ4v) is 2.87. The molecule has 0 saturated carbocycles. The maximum Gasteiger partial charge on any atom is 0.0378 e. The summed E-state index contributed by atoms with van der Waals surface area (Å²) in [6, 6.07) is 1.15. The zero-order valence-electron chi connectivity index (χ0n) is 11.9. The highest BCUT2D eigenvalue weighted by molar-refractivity contribution is 4.93. The van der Waals surface area contributed by atoms with Crippen LogP contribution in [0, 0.1) is 5.41 Å². The third kappa shape index (κ3) is 3.44. The molecule has 0 aromatic rings. The molecule has 1 saturated heterocycles. The molecule has 3 heteroatoms. The molecular formula is C13H29N3. The van der Waals surface area contributed by atoms with Gasteiger partial charge in [0.2, 0.25) is 0 Å². The summed E-state index contributed by atoms with van der Waals surface area (Å²) in [4.78, 5) is 4.99. The van der Waals surface area contributed by atoms with Gasteiger partial charge in [0.1, 0.15) is 0 Å². The predicted molar refractivity (Wildman–Crippen MR) is 70.8 cm³/mol. The lowest BCUT2D eigenvalue weighted by molar-refractivity contribution is 0.118. The van der Waals surface area contributed by atoms with Crippen LogP contribution in [0.25, 0.3) is 0 Å². The van der Waals surface area contributed by atoms with Gasteiger partial charge in [-0.05, 0) is 46.1 Å². The van der Waals surface area contributed by atoms with E-state index in [0.717, 1.165) is 0 Å². The van der Waals surface area contributed by atoms with Gasteiger partial charge in [0.15, 0.2) is 0 Å². The molecule has 96 valence electrons. The fraction of sp³-hybridized carbons (Fsp3) is 1.00. The Morgan fingerprint density at radius 2 is 1.81 bits per heavy atom. The average molecular weight is 227 g/mol. The summed E-state index contributed by atoms with van der Waals surface area (Å²) >= 11 is 0. The summed E-state index contributed by atoms with van der Waals surface area (Å²) in [5.41, 5.74) is 0.304. The second-order valence-electron chi connectivity index (χ2n) is 6.30. The molecule has 3 nitrogen and oxygen atoms in total. The molecular weight excluding hydrogens is 198 g/mol. The van der Waals surface area contributed by atoms with Crippen molar-refractivity contribution >= 4 is 0 Å². The van der Waals surface area contributed by atoms with Gasteiger partial charge in [-0.25, -0.2) is 0 Å². The Bertz CT molecular complexity index is 210. The van der Waals surface area contributed by atoms with E-state index in [1.807, 2.05) is 0 Å². The lowest BCUT2D eigenvalue weighted by atomic mass is 9.81. The first kappa shape index (κ1) is 13.9. The third-order valence-electron chi connectivity index (χ3n) is 3.74. The molecule has 0 aromatic heterocycles. The van der Waals surface area contributed by atoms with Crippen molar-refractivity contribution in [3.63, 3.8) is 0 Å². The van der Waals surface area contributed by atoms with Gasteiger partial charge in [-0.3, -0.25) is 0 Å². The molecule has 1 aliphatic heterocycles. The van der Waals surface area contributed by atoms with Crippen LogP contribution in [-0.4, -0.2) is 62.7 Å². The van der Waals surface area contributed by atoms with Crippen molar-refractivity contribution in [2.45, 2.75) is 39.3 Å². The predicted octanol–water partition coefficient (Wildman–Crippen LogP) is 1.26. The summed E-state index contributed by atoms with van der Waals surface area (Å²) in [5, 5.41) is 3.52. The fourth-order valence-electron chi connectivity index (χ4n) is 2.87. The first-order valence-electron chi connectivity index (χ1n) is 6.42. The van der Waals surface area contributed by atoms with Crippen LogP contribution in [0.5, 0.6) is 0 Å². The van der Waals surface area contributed by atoms with Gasteiger partial charge in [-0.1, -0.05) is 20.8 Å². The summed E-state index contributed by atoms with van der Waals surface area (Å²) in [6.07, 6.45) is 1.28. The van der Waals surface area contributed by atoms with Crippen LogP contribution in [-0.2, 0) is 0 Å². The molecule has 0 bridgehead atoms. The second-order valence-corrected chi connectivity index (χ2v) is 6.30. The Balaban J connectivity index is 2.80. The number of likely N-dealkylation sites (N-methyl/N-ethyl adjacent to an activating group) is 3. The van der Waals surface area contributed by atoms with Gasteiger partial charge in [0, 0.05) is 18.6 Å². The Labute approximate surface area is 101 Å². The Kier molecular flexibility index (Phi) is 4.77. The van der Waals surface area contributed by atoms with Crippen molar-refractivity contribution in [3.05, 3.63) is 0 Å². The van der Waals surface area contributed by atoms with Crippen molar-refractivity contribution in [2.75, 3.05) is 40.8 Å². The highest BCUT2D eigenvalue weighted by atomic mass is 15.2. The van der Waals surface area contributed by atoms with Gasteiger partial charge >= 0.3 is 0 Å². The van der Waals surface area contributed by atoms with E-state index in [0.29, 0.717) is 17.5 Å².